The zero-order valence-electron chi connectivity index (χ0n) is 18.2. The van der Waals surface area contributed by atoms with E-state index in [4.69, 9.17) is 14.2 Å². The first-order valence-corrected chi connectivity index (χ1v) is 10.8. The van der Waals surface area contributed by atoms with Crippen LogP contribution in [0.3, 0.4) is 0 Å². The molecule has 0 aromatic rings. The van der Waals surface area contributed by atoms with Crippen LogP contribution >= 0.6 is 0 Å². The van der Waals surface area contributed by atoms with Gasteiger partial charge in [0.2, 0.25) is 0 Å². The van der Waals surface area contributed by atoms with E-state index in [1.807, 2.05) is 41.5 Å². The van der Waals surface area contributed by atoms with Crippen LogP contribution < -0.4 is 0 Å². The monoisotopic (exact) mass is 358 g/mol. The van der Waals surface area contributed by atoms with Crippen LogP contribution in [-0.4, -0.2) is 24.3 Å². The Kier molecular flexibility index (Phi) is 14.9. The van der Waals surface area contributed by atoms with Gasteiger partial charge in [0.15, 0.2) is 0 Å². The Hall–Kier alpha value is -0.120. The van der Waals surface area contributed by atoms with Crippen molar-refractivity contribution in [2.24, 2.45) is 0 Å². The Morgan fingerprint density at radius 1 is 0.600 bits per heavy atom. The van der Waals surface area contributed by atoms with Gasteiger partial charge < -0.3 is 14.2 Å². The van der Waals surface area contributed by atoms with Gasteiger partial charge in [0.1, 0.15) is 0 Å². The Morgan fingerprint density at radius 3 is 1.28 bits per heavy atom. The molecule has 1 rings (SSSR count). The largest absolute Gasteiger partial charge is 0.325 e. The molecule has 152 valence electrons. The number of unbranched alkanes of at least 4 members (excludes halogenated alkanes) is 6. The van der Waals surface area contributed by atoms with Crippen molar-refractivity contribution in [2.45, 2.75) is 143 Å². The van der Waals surface area contributed by atoms with Crippen molar-refractivity contribution >= 4 is 0 Å². The molecule has 0 N–H and O–H groups in total. The topological polar surface area (TPSA) is 27.7 Å². The van der Waals surface area contributed by atoms with E-state index in [0.29, 0.717) is 0 Å². The van der Waals surface area contributed by atoms with E-state index in [9.17, 15) is 0 Å². The number of rotatable bonds is 14. The van der Waals surface area contributed by atoms with Crippen molar-refractivity contribution in [3.8, 4) is 0 Å². The molecule has 3 nitrogen and oxygen atoms in total. The fourth-order valence-corrected chi connectivity index (χ4v) is 2.64. The Morgan fingerprint density at radius 2 is 0.960 bits per heavy atom. The molecule has 1 aliphatic carbocycles. The summed E-state index contributed by atoms with van der Waals surface area (Å²) in [6.45, 7) is 14.5. The summed E-state index contributed by atoms with van der Waals surface area (Å²) >= 11 is 0. The van der Waals surface area contributed by atoms with E-state index in [2.05, 4.69) is 6.92 Å². The van der Waals surface area contributed by atoms with Gasteiger partial charge in [-0.15, -0.1) is 0 Å². The summed E-state index contributed by atoms with van der Waals surface area (Å²) in [4.78, 5) is 0. The van der Waals surface area contributed by atoms with Gasteiger partial charge in [0, 0.05) is 6.42 Å². The van der Waals surface area contributed by atoms with Crippen molar-refractivity contribution < 1.29 is 14.2 Å². The van der Waals surface area contributed by atoms with Crippen LogP contribution in [0, 0.1) is 0 Å². The Bertz CT molecular complexity index is 256. The molecular weight excluding hydrogens is 312 g/mol. The van der Waals surface area contributed by atoms with E-state index < -0.39 is 5.97 Å². The molecule has 1 fully saturated rings. The first kappa shape index (κ1) is 24.9. The fourth-order valence-electron chi connectivity index (χ4n) is 2.64. The van der Waals surface area contributed by atoms with E-state index in [1.54, 1.807) is 0 Å². The van der Waals surface area contributed by atoms with Gasteiger partial charge >= 0.3 is 0 Å². The minimum atomic E-state index is -0.889. The average molecular weight is 359 g/mol. The van der Waals surface area contributed by atoms with Crippen molar-refractivity contribution in [1.82, 2.24) is 0 Å². The van der Waals surface area contributed by atoms with Gasteiger partial charge in [-0.3, -0.25) is 0 Å². The van der Waals surface area contributed by atoms with Gasteiger partial charge in [0.25, 0.3) is 5.97 Å². The van der Waals surface area contributed by atoms with Crippen LogP contribution in [0.1, 0.15) is 119 Å². The highest BCUT2D eigenvalue weighted by atomic mass is 16.9. The first-order chi connectivity index (χ1) is 11.8. The maximum Gasteiger partial charge on any atom is 0.283 e. The van der Waals surface area contributed by atoms with Gasteiger partial charge in [-0.1, -0.05) is 64.7 Å². The highest BCUT2D eigenvalue weighted by Crippen LogP contribution is 2.28. The molecule has 3 heteroatoms. The predicted octanol–water partition coefficient (Wildman–Crippen LogP) is 7.23. The molecule has 0 bridgehead atoms. The van der Waals surface area contributed by atoms with Crippen LogP contribution in [0.15, 0.2) is 0 Å². The van der Waals surface area contributed by atoms with Crippen LogP contribution in [-0.2, 0) is 14.2 Å². The SMILES string of the molecule is C1CC1.CCCCCCCCCC(OC(C)C)(OC(C)C)OC(C)C. The van der Waals surface area contributed by atoms with E-state index in [0.717, 1.165) is 12.8 Å². The number of ether oxygens (including phenoxy) is 3. The second kappa shape index (κ2) is 15.0. The normalized spacial score (nSPS) is 14.2. The molecule has 0 aromatic carbocycles. The zero-order valence-corrected chi connectivity index (χ0v) is 18.2. The molecule has 1 saturated carbocycles. The highest BCUT2D eigenvalue weighted by Gasteiger charge is 2.36. The quantitative estimate of drug-likeness (QED) is 0.242. The average Bonchev–Trinajstić information content (AvgIpc) is 3.32. The number of hydrogen-bond donors (Lipinski definition) is 0. The molecule has 0 aliphatic heterocycles. The zero-order chi connectivity index (χ0) is 19.1. The lowest BCUT2D eigenvalue weighted by atomic mass is 10.1. The summed E-state index contributed by atoms with van der Waals surface area (Å²) in [6, 6.07) is 0. The first-order valence-electron chi connectivity index (χ1n) is 10.8. The third-order valence-electron chi connectivity index (χ3n) is 3.69. The van der Waals surface area contributed by atoms with Gasteiger partial charge in [-0.25, -0.2) is 0 Å². The minimum Gasteiger partial charge on any atom is -0.325 e. The maximum absolute atomic E-state index is 6.06. The molecule has 0 aromatic heterocycles. The maximum atomic E-state index is 6.06. The van der Waals surface area contributed by atoms with Crippen molar-refractivity contribution in [1.29, 1.82) is 0 Å². The molecule has 25 heavy (non-hydrogen) atoms. The standard InChI is InChI=1S/C19H40O3.C3H6/c1-8-9-10-11-12-13-14-15-19(20-16(2)3,21-17(4)5)22-18(6)7;1-2-3-1/h16-18H,8-15H2,1-7H3;1-3H2. The molecule has 0 saturated heterocycles. The summed E-state index contributed by atoms with van der Waals surface area (Å²) in [5, 5.41) is 0. The van der Waals surface area contributed by atoms with Crippen LogP contribution in [0.4, 0.5) is 0 Å². The lowest BCUT2D eigenvalue weighted by molar-refractivity contribution is -0.412. The molecule has 0 atom stereocenters. The Labute approximate surface area is 158 Å². The summed E-state index contributed by atoms with van der Waals surface area (Å²) in [7, 11) is 0. The Balaban J connectivity index is 0.00000171. The van der Waals surface area contributed by atoms with Gasteiger partial charge in [0.05, 0.1) is 18.3 Å². The molecule has 0 amide bonds. The summed E-state index contributed by atoms with van der Waals surface area (Å²) < 4.78 is 18.2. The van der Waals surface area contributed by atoms with Gasteiger partial charge in [-0.2, -0.15) is 0 Å². The van der Waals surface area contributed by atoms with Crippen LogP contribution in [0.25, 0.3) is 0 Å². The third kappa shape index (κ3) is 17.1. The molecule has 1 aliphatic rings. The van der Waals surface area contributed by atoms with Crippen molar-refractivity contribution in [3.63, 3.8) is 0 Å². The van der Waals surface area contributed by atoms with E-state index in [-0.39, 0.29) is 18.3 Å². The second-order valence-electron chi connectivity index (χ2n) is 8.11. The highest BCUT2D eigenvalue weighted by molar-refractivity contribution is 4.64. The van der Waals surface area contributed by atoms with Crippen molar-refractivity contribution in [2.75, 3.05) is 0 Å². The molecule has 0 unspecified atom stereocenters. The number of hydrogen-bond acceptors (Lipinski definition) is 3. The molecule has 0 radical (unpaired) electrons. The van der Waals surface area contributed by atoms with Crippen LogP contribution in [0.2, 0.25) is 0 Å². The lowest BCUT2D eigenvalue weighted by Crippen LogP contribution is -2.44. The van der Waals surface area contributed by atoms with E-state index >= 15 is 0 Å². The lowest BCUT2D eigenvalue weighted by Gasteiger charge is -2.37. The fraction of sp³-hybridized carbons (Fsp3) is 1.00. The van der Waals surface area contributed by atoms with Crippen LogP contribution in [0.5, 0.6) is 0 Å². The second-order valence-corrected chi connectivity index (χ2v) is 8.11. The molecular formula is C22H46O3. The third-order valence-corrected chi connectivity index (χ3v) is 3.69. The summed E-state index contributed by atoms with van der Waals surface area (Å²) in [5.74, 6) is -0.889. The smallest absolute Gasteiger partial charge is 0.283 e. The predicted molar refractivity (Wildman–Crippen MR) is 108 cm³/mol. The molecule has 0 spiro atoms. The van der Waals surface area contributed by atoms with Gasteiger partial charge in [-0.05, 0) is 48.0 Å². The summed E-state index contributed by atoms with van der Waals surface area (Å²) in [5.41, 5.74) is 0. The molecule has 0 heterocycles. The van der Waals surface area contributed by atoms with Crippen molar-refractivity contribution in [3.05, 3.63) is 0 Å². The minimum absolute atomic E-state index is 0.0852. The summed E-state index contributed by atoms with van der Waals surface area (Å²) in [6.07, 6.45) is 14.5. The van der Waals surface area contributed by atoms with E-state index in [1.165, 1.54) is 57.8 Å².